The van der Waals surface area contributed by atoms with Gasteiger partial charge in [-0.1, -0.05) is 6.07 Å². The van der Waals surface area contributed by atoms with Gasteiger partial charge in [-0.15, -0.1) is 0 Å². The first-order chi connectivity index (χ1) is 5.61. The van der Waals surface area contributed by atoms with E-state index >= 15 is 0 Å². The summed E-state index contributed by atoms with van der Waals surface area (Å²) in [6.45, 7) is 0. The molecule has 0 unspecified atom stereocenters. The number of hydrogen-bond acceptors (Lipinski definition) is 4. The average molecular weight is 167 g/mol. The van der Waals surface area contributed by atoms with Crippen LogP contribution in [0.1, 0.15) is 0 Å². The van der Waals surface area contributed by atoms with Gasteiger partial charge in [-0.3, -0.25) is 0 Å². The van der Waals surface area contributed by atoms with Crippen molar-refractivity contribution in [3.63, 3.8) is 0 Å². The highest BCUT2D eigenvalue weighted by molar-refractivity contribution is 5.59. The van der Waals surface area contributed by atoms with Crippen molar-refractivity contribution in [2.24, 2.45) is 0 Å². The van der Waals surface area contributed by atoms with Crippen molar-refractivity contribution < 1.29 is 5.21 Å². The largest absolute Gasteiger partial charge is 0.776 e. The predicted octanol–water partition coefficient (Wildman–Crippen LogP) is 2.12. The van der Waals surface area contributed by atoms with Crippen LogP contribution in [0.5, 0.6) is 0 Å². The van der Waals surface area contributed by atoms with Gasteiger partial charge >= 0.3 is 0 Å². The van der Waals surface area contributed by atoms with E-state index in [0.29, 0.717) is 0 Å². The van der Waals surface area contributed by atoms with Gasteiger partial charge in [-0.25, -0.2) is 0 Å². The van der Waals surface area contributed by atoms with Gasteiger partial charge in [0.15, 0.2) is 0 Å². The molecule has 3 N–H and O–H groups in total. The third-order valence-corrected chi connectivity index (χ3v) is 1.31. The standard InChI is InChI=1S/C6H7N4O2/c7-9(11)5-2-1-3-6(4-5)10(8)12/h1-4,7-8,11H/q-3. The molecule has 0 saturated carbocycles. The molecule has 6 nitrogen and oxygen atoms in total. The van der Waals surface area contributed by atoms with E-state index in [-0.39, 0.29) is 21.7 Å². The van der Waals surface area contributed by atoms with E-state index in [4.69, 9.17) is 16.9 Å². The number of nitrogens with zero attached hydrogens (tertiary/aromatic N) is 2. The maximum Gasteiger partial charge on any atom is 0.0450 e. The molecule has 1 rings (SSSR count). The quantitative estimate of drug-likeness (QED) is 0.682. The Hall–Kier alpha value is -1.34. The molecule has 0 aromatic heterocycles. The van der Waals surface area contributed by atoms with Gasteiger partial charge in [0.25, 0.3) is 0 Å². The van der Waals surface area contributed by atoms with Crippen molar-refractivity contribution in [2.45, 2.75) is 0 Å². The Morgan fingerprint density at radius 2 is 1.83 bits per heavy atom. The van der Waals surface area contributed by atoms with Gasteiger partial charge in [0.1, 0.15) is 0 Å². The zero-order chi connectivity index (χ0) is 9.14. The highest BCUT2D eigenvalue weighted by Gasteiger charge is 1.91. The van der Waals surface area contributed by atoms with Crippen LogP contribution in [0.4, 0.5) is 11.4 Å². The van der Waals surface area contributed by atoms with Gasteiger partial charge in [0, 0.05) is 11.4 Å². The molecule has 0 bridgehead atoms. The van der Waals surface area contributed by atoms with E-state index in [0.717, 1.165) is 0 Å². The van der Waals surface area contributed by atoms with Crippen LogP contribution in [0.3, 0.4) is 0 Å². The van der Waals surface area contributed by atoms with E-state index in [1.807, 2.05) is 0 Å². The molecule has 6 heteroatoms. The Morgan fingerprint density at radius 1 is 1.25 bits per heavy atom. The molecular weight excluding hydrogens is 160 g/mol. The average Bonchev–Trinajstić information content (AvgIpc) is 2.04. The molecule has 66 valence electrons. The lowest BCUT2D eigenvalue weighted by molar-refractivity contribution is 0.296. The highest BCUT2D eigenvalue weighted by atomic mass is 16.5. The van der Waals surface area contributed by atoms with Gasteiger partial charge in [0.05, 0.1) is 0 Å². The molecule has 0 aliphatic carbocycles. The number of hydrogen-bond donors (Lipinski definition) is 1. The van der Waals surface area contributed by atoms with Crippen LogP contribution in [0.2, 0.25) is 0 Å². The predicted molar refractivity (Wildman–Crippen MR) is 45.2 cm³/mol. The fraction of sp³-hybridized carbons (Fsp3) is 0. The van der Waals surface area contributed by atoms with E-state index in [9.17, 15) is 5.21 Å². The number of anilines is 2. The molecule has 0 aliphatic heterocycles. The molecule has 0 aliphatic rings. The second-order valence-electron chi connectivity index (χ2n) is 2.13. The monoisotopic (exact) mass is 167 g/mol. The lowest BCUT2D eigenvalue weighted by Gasteiger charge is -2.37. The minimum atomic E-state index is -0.0903. The molecule has 0 radical (unpaired) electrons. The van der Waals surface area contributed by atoms with Crippen molar-refractivity contribution in [1.29, 1.82) is 0 Å². The molecule has 1 aromatic carbocycles. The first-order valence-corrected chi connectivity index (χ1v) is 3.10. The Balaban J connectivity index is 2.96. The number of benzene rings is 1. The molecular formula is C6H7N4O2-3. The zero-order valence-electron chi connectivity index (χ0n) is 6.06. The summed E-state index contributed by atoms with van der Waals surface area (Å²) in [7, 11) is 0. The molecule has 0 fully saturated rings. The maximum atomic E-state index is 10.4. The van der Waals surface area contributed by atoms with E-state index in [2.05, 4.69) is 0 Å². The summed E-state index contributed by atoms with van der Waals surface area (Å²) in [5.74, 6) is 13.4. The minimum absolute atomic E-state index is 0.0683. The van der Waals surface area contributed by atoms with E-state index in [1.165, 1.54) is 24.3 Å². The molecule has 0 spiro atoms. The first-order valence-electron chi connectivity index (χ1n) is 3.10. The third-order valence-electron chi connectivity index (χ3n) is 1.31. The summed E-state index contributed by atoms with van der Waals surface area (Å²) in [6, 6.07) is 5.56. The third kappa shape index (κ3) is 1.83. The maximum absolute atomic E-state index is 10.4. The summed E-state index contributed by atoms with van der Waals surface area (Å²) in [5, 5.41) is 19.1. The second kappa shape index (κ2) is 3.37. The fourth-order valence-corrected chi connectivity index (χ4v) is 0.751. The number of rotatable bonds is 2. The van der Waals surface area contributed by atoms with Crippen molar-refractivity contribution in [3.05, 3.63) is 41.2 Å². The lowest BCUT2D eigenvalue weighted by Crippen LogP contribution is -2.06. The Labute approximate surface area is 69.1 Å². The van der Waals surface area contributed by atoms with Gasteiger partial charge in [0.2, 0.25) is 0 Å². The van der Waals surface area contributed by atoms with Crippen LogP contribution in [-0.2, 0) is 0 Å². The van der Waals surface area contributed by atoms with E-state index < -0.39 is 0 Å². The van der Waals surface area contributed by atoms with Gasteiger partial charge < -0.3 is 32.4 Å². The molecule has 0 saturated heterocycles. The fourth-order valence-electron chi connectivity index (χ4n) is 0.751. The summed E-state index contributed by atoms with van der Waals surface area (Å²) in [4.78, 5) is 0. The van der Waals surface area contributed by atoms with Crippen molar-refractivity contribution in [1.82, 2.24) is 0 Å². The van der Waals surface area contributed by atoms with Crippen molar-refractivity contribution in [3.8, 4) is 0 Å². The molecule has 0 atom stereocenters. The molecule has 0 amide bonds. The van der Waals surface area contributed by atoms with E-state index in [1.54, 1.807) is 0 Å². The van der Waals surface area contributed by atoms with Crippen LogP contribution in [0, 0.1) is 5.21 Å². The Kier molecular flexibility index (Phi) is 2.46. The topological polar surface area (TPSA) is 97.4 Å². The van der Waals surface area contributed by atoms with Crippen LogP contribution >= 0.6 is 0 Å². The Bertz CT molecular complexity index is 240. The molecule has 0 heterocycles. The smallest absolute Gasteiger partial charge is 0.0450 e. The summed E-state index contributed by atoms with van der Waals surface area (Å²) in [5.41, 5.74) is 0.208. The molecule has 12 heavy (non-hydrogen) atoms. The van der Waals surface area contributed by atoms with Crippen LogP contribution < -0.4 is 10.3 Å². The first kappa shape index (κ1) is 8.75. The highest BCUT2D eigenvalue weighted by Crippen LogP contribution is 2.20. The minimum Gasteiger partial charge on any atom is -0.776 e. The van der Waals surface area contributed by atoms with Crippen LogP contribution in [-0.4, -0.2) is 5.21 Å². The van der Waals surface area contributed by atoms with Crippen LogP contribution in [0.25, 0.3) is 11.7 Å². The van der Waals surface area contributed by atoms with Gasteiger partial charge in [-0.05, 0) is 18.2 Å². The summed E-state index contributed by atoms with van der Waals surface area (Å²) < 4.78 is 0. The summed E-state index contributed by atoms with van der Waals surface area (Å²) in [6.07, 6.45) is 0. The second-order valence-corrected chi connectivity index (χ2v) is 2.13. The Morgan fingerprint density at radius 3 is 2.33 bits per heavy atom. The van der Waals surface area contributed by atoms with Crippen molar-refractivity contribution in [2.75, 3.05) is 10.3 Å². The van der Waals surface area contributed by atoms with Gasteiger partial charge in [-0.2, -0.15) is 0 Å². The van der Waals surface area contributed by atoms with Crippen LogP contribution in [0.15, 0.2) is 24.3 Å². The molecule has 1 aromatic rings. The SMILES string of the molecule is [NH-]N([O-])c1cccc(N([NH-])O)c1. The summed E-state index contributed by atoms with van der Waals surface area (Å²) >= 11 is 0. The lowest BCUT2D eigenvalue weighted by atomic mass is 10.3. The zero-order valence-corrected chi connectivity index (χ0v) is 6.06. The normalized spacial score (nSPS) is 9.67. The number of nitrogens with one attached hydrogen (secondary N) is 2. The van der Waals surface area contributed by atoms with Crippen molar-refractivity contribution >= 4 is 11.4 Å².